The van der Waals surface area contributed by atoms with Crippen LogP contribution in [0.15, 0.2) is 36.4 Å². The van der Waals surface area contributed by atoms with E-state index in [4.69, 9.17) is 4.74 Å². The van der Waals surface area contributed by atoms with Gasteiger partial charge in [0.1, 0.15) is 5.75 Å². The van der Waals surface area contributed by atoms with Crippen LogP contribution in [-0.2, 0) is 4.79 Å². The van der Waals surface area contributed by atoms with Crippen molar-refractivity contribution in [2.24, 2.45) is 0 Å². The number of carbonyl (C=O) groups excluding carboxylic acids is 1. The third kappa shape index (κ3) is 3.67. The third-order valence-electron chi connectivity index (χ3n) is 3.69. The molecule has 0 aliphatic carbocycles. The summed E-state index contributed by atoms with van der Waals surface area (Å²) in [6, 6.07) is 11.8. The van der Waals surface area contributed by atoms with Crippen LogP contribution < -0.4 is 10.1 Å². The Bertz CT molecular complexity index is 669. The van der Waals surface area contributed by atoms with Crippen LogP contribution in [0.1, 0.15) is 29.2 Å². The van der Waals surface area contributed by atoms with Crippen molar-refractivity contribution in [3.63, 3.8) is 0 Å². The van der Waals surface area contributed by atoms with Crippen LogP contribution in [0, 0.1) is 27.7 Å². The van der Waals surface area contributed by atoms with E-state index in [1.54, 1.807) is 6.92 Å². The van der Waals surface area contributed by atoms with Crippen LogP contribution in [0.25, 0.3) is 0 Å². The molecule has 0 radical (unpaired) electrons. The Labute approximate surface area is 132 Å². The van der Waals surface area contributed by atoms with Gasteiger partial charge in [0.15, 0.2) is 6.10 Å². The average Bonchev–Trinajstić information content (AvgIpc) is 2.45. The first-order valence-electron chi connectivity index (χ1n) is 7.49. The van der Waals surface area contributed by atoms with E-state index in [2.05, 4.69) is 24.4 Å². The lowest BCUT2D eigenvalue weighted by Crippen LogP contribution is -2.30. The summed E-state index contributed by atoms with van der Waals surface area (Å²) in [4.78, 5) is 12.4. The molecule has 3 nitrogen and oxygen atoms in total. The largest absolute Gasteiger partial charge is 0.481 e. The Hall–Kier alpha value is -2.29. The summed E-state index contributed by atoms with van der Waals surface area (Å²) < 4.78 is 5.77. The van der Waals surface area contributed by atoms with Gasteiger partial charge in [-0.05, 0) is 57.4 Å². The highest BCUT2D eigenvalue weighted by atomic mass is 16.5. The lowest BCUT2D eigenvalue weighted by atomic mass is 10.0. The zero-order valence-corrected chi connectivity index (χ0v) is 13.9. The zero-order chi connectivity index (χ0) is 16.3. The number of ether oxygens (including phenoxy) is 1. The lowest BCUT2D eigenvalue weighted by Gasteiger charge is -2.18. The number of benzene rings is 2. The van der Waals surface area contributed by atoms with Gasteiger partial charge in [-0.25, -0.2) is 0 Å². The van der Waals surface area contributed by atoms with Crippen LogP contribution in [0.2, 0.25) is 0 Å². The van der Waals surface area contributed by atoms with Crippen molar-refractivity contribution >= 4 is 11.6 Å². The first-order chi connectivity index (χ1) is 10.4. The molecule has 1 atom stereocenters. The SMILES string of the molecule is Cc1cc(C)c(NC(=O)[C@H](C)Oc2ccccc2C)c(C)c1. The molecule has 2 rings (SSSR count). The second kappa shape index (κ2) is 6.65. The first-order valence-corrected chi connectivity index (χ1v) is 7.49. The van der Waals surface area contributed by atoms with Crippen molar-refractivity contribution in [2.45, 2.75) is 40.7 Å². The highest BCUT2D eigenvalue weighted by molar-refractivity contribution is 5.95. The van der Waals surface area contributed by atoms with E-state index in [1.807, 2.05) is 45.0 Å². The van der Waals surface area contributed by atoms with Crippen molar-refractivity contribution in [3.05, 3.63) is 58.7 Å². The molecule has 2 aromatic rings. The molecule has 0 saturated heterocycles. The predicted octanol–water partition coefficient (Wildman–Crippen LogP) is 4.33. The number of aryl methyl sites for hydroxylation is 4. The summed E-state index contributed by atoms with van der Waals surface area (Å²) in [5.41, 5.74) is 5.21. The molecule has 0 aliphatic heterocycles. The molecule has 0 fully saturated rings. The normalized spacial score (nSPS) is 11.9. The highest BCUT2D eigenvalue weighted by Gasteiger charge is 2.17. The van der Waals surface area contributed by atoms with Crippen molar-refractivity contribution < 1.29 is 9.53 Å². The summed E-state index contributed by atoms with van der Waals surface area (Å²) in [7, 11) is 0. The van der Waals surface area contributed by atoms with E-state index >= 15 is 0 Å². The van der Waals surface area contributed by atoms with Gasteiger partial charge in [0, 0.05) is 5.69 Å². The molecule has 0 unspecified atom stereocenters. The van der Waals surface area contributed by atoms with Gasteiger partial charge >= 0.3 is 0 Å². The number of carbonyl (C=O) groups is 1. The monoisotopic (exact) mass is 297 g/mol. The fourth-order valence-electron chi connectivity index (χ4n) is 2.53. The van der Waals surface area contributed by atoms with E-state index in [0.29, 0.717) is 0 Å². The number of rotatable bonds is 4. The second-order valence-electron chi connectivity index (χ2n) is 5.79. The zero-order valence-electron chi connectivity index (χ0n) is 13.9. The number of hydrogen-bond acceptors (Lipinski definition) is 2. The van der Waals surface area contributed by atoms with Crippen LogP contribution in [0.5, 0.6) is 5.75 Å². The van der Waals surface area contributed by atoms with Crippen LogP contribution >= 0.6 is 0 Å². The standard InChI is InChI=1S/C19H23NO2/c1-12-10-14(3)18(15(4)11-12)20-19(21)16(5)22-17-9-7-6-8-13(17)2/h6-11,16H,1-5H3,(H,20,21)/t16-/m0/s1. The van der Waals surface area contributed by atoms with E-state index in [9.17, 15) is 4.79 Å². The lowest BCUT2D eigenvalue weighted by molar-refractivity contribution is -0.122. The van der Waals surface area contributed by atoms with Crippen LogP contribution in [0.3, 0.4) is 0 Å². The topological polar surface area (TPSA) is 38.3 Å². The molecule has 116 valence electrons. The summed E-state index contributed by atoms with van der Waals surface area (Å²) in [5.74, 6) is 0.598. The maximum atomic E-state index is 12.4. The Morgan fingerprint density at radius 3 is 2.18 bits per heavy atom. The van der Waals surface area contributed by atoms with Gasteiger partial charge in [0.2, 0.25) is 0 Å². The summed E-state index contributed by atoms with van der Waals surface area (Å²) in [5, 5.41) is 2.98. The van der Waals surface area contributed by atoms with Gasteiger partial charge in [0.05, 0.1) is 0 Å². The van der Waals surface area contributed by atoms with E-state index in [1.165, 1.54) is 5.56 Å². The van der Waals surface area contributed by atoms with Crippen molar-refractivity contribution in [2.75, 3.05) is 5.32 Å². The molecule has 0 saturated carbocycles. The van der Waals surface area contributed by atoms with Crippen LogP contribution in [-0.4, -0.2) is 12.0 Å². The fraction of sp³-hybridized carbons (Fsp3) is 0.316. The smallest absolute Gasteiger partial charge is 0.265 e. The molecule has 3 heteroatoms. The van der Waals surface area contributed by atoms with Gasteiger partial charge in [-0.1, -0.05) is 35.9 Å². The minimum absolute atomic E-state index is 0.140. The molecule has 0 bridgehead atoms. The molecular formula is C19H23NO2. The molecule has 0 heterocycles. The van der Waals surface area contributed by atoms with Gasteiger partial charge in [0.25, 0.3) is 5.91 Å². The Morgan fingerprint density at radius 2 is 1.59 bits per heavy atom. The van der Waals surface area contributed by atoms with Crippen LogP contribution in [0.4, 0.5) is 5.69 Å². The molecular weight excluding hydrogens is 274 g/mol. The molecule has 2 aromatic carbocycles. The number of hydrogen-bond donors (Lipinski definition) is 1. The van der Waals surface area contributed by atoms with Gasteiger partial charge in [-0.2, -0.15) is 0 Å². The Balaban J connectivity index is 2.11. The molecule has 22 heavy (non-hydrogen) atoms. The van der Waals surface area contributed by atoms with Crippen molar-refractivity contribution in [1.82, 2.24) is 0 Å². The van der Waals surface area contributed by atoms with Crippen molar-refractivity contribution in [1.29, 1.82) is 0 Å². The number of amides is 1. The minimum atomic E-state index is -0.554. The Kier molecular flexibility index (Phi) is 4.86. The second-order valence-corrected chi connectivity index (χ2v) is 5.79. The number of anilines is 1. The van der Waals surface area contributed by atoms with Gasteiger partial charge in [-0.15, -0.1) is 0 Å². The summed E-state index contributed by atoms with van der Waals surface area (Å²) >= 11 is 0. The quantitative estimate of drug-likeness (QED) is 0.912. The maximum Gasteiger partial charge on any atom is 0.265 e. The maximum absolute atomic E-state index is 12.4. The molecule has 1 N–H and O–H groups in total. The van der Waals surface area contributed by atoms with E-state index in [-0.39, 0.29) is 5.91 Å². The average molecular weight is 297 g/mol. The summed E-state index contributed by atoms with van der Waals surface area (Å²) in [6.07, 6.45) is -0.554. The molecule has 0 aliphatic rings. The number of para-hydroxylation sites is 1. The fourth-order valence-corrected chi connectivity index (χ4v) is 2.53. The minimum Gasteiger partial charge on any atom is -0.481 e. The Morgan fingerprint density at radius 1 is 1.00 bits per heavy atom. The molecule has 0 aromatic heterocycles. The number of nitrogens with one attached hydrogen (secondary N) is 1. The third-order valence-corrected chi connectivity index (χ3v) is 3.69. The molecule has 1 amide bonds. The molecule has 0 spiro atoms. The van der Waals surface area contributed by atoms with E-state index in [0.717, 1.165) is 28.1 Å². The summed E-state index contributed by atoms with van der Waals surface area (Å²) in [6.45, 7) is 9.79. The van der Waals surface area contributed by atoms with E-state index < -0.39 is 6.10 Å². The van der Waals surface area contributed by atoms with Gasteiger partial charge < -0.3 is 10.1 Å². The van der Waals surface area contributed by atoms with Gasteiger partial charge in [-0.3, -0.25) is 4.79 Å². The van der Waals surface area contributed by atoms with Crippen molar-refractivity contribution in [3.8, 4) is 5.75 Å². The first kappa shape index (κ1) is 16.1. The predicted molar refractivity (Wildman–Crippen MR) is 90.6 cm³/mol. The highest BCUT2D eigenvalue weighted by Crippen LogP contribution is 2.23.